The molecule has 0 unspecified atom stereocenters. The predicted molar refractivity (Wildman–Crippen MR) is 132 cm³/mol. The lowest BCUT2D eigenvalue weighted by atomic mass is 10.0. The summed E-state index contributed by atoms with van der Waals surface area (Å²) in [7, 11) is 1.66. The fraction of sp³-hybridized carbons (Fsp3) is 0.682. The molecule has 1 saturated heterocycles. The predicted octanol–water partition coefficient (Wildman–Crippen LogP) is 3.76. The Balaban J connectivity index is 0.00000420. The van der Waals surface area contributed by atoms with Gasteiger partial charge in [-0.1, -0.05) is 19.9 Å². The number of likely N-dealkylation sites (tertiary alicyclic amines) is 1. The molecular formula is C22H39IN4O2. The highest BCUT2D eigenvalue weighted by Gasteiger charge is 2.20. The first kappa shape index (κ1) is 25.8. The quantitative estimate of drug-likeness (QED) is 0.214. The molecule has 7 heteroatoms. The molecule has 2 rings (SSSR count). The number of guanidine groups is 1. The van der Waals surface area contributed by atoms with Crippen molar-refractivity contribution >= 4 is 29.9 Å². The van der Waals surface area contributed by atoms with Gasteiger partial charge in [-0.15, -0.1) is 24.0 Å². The van der Waals surface area contributed by atoms with Crippen molar-refractivity contribution in [3.05, 3.63) is 24.3 Å². The van der Waals surface area contributed by atoms with E-state index in [-0.39, 0.29) is 24.0 Å². The van der Waals surface area contributed by atoms with Crippen LogP contribution >= 0.6 is 24.0 Å². The molecule has 0 aliphatic carbocycles. The van der Waals surface area contributed by atoms with Crippen LogP contribution in [-0.2, 0) is 0 Å². The summed E-state index contributed by atoms with van der Waals surface area (Å²) in [6.45, 7) is 12.5. The number of nitrogens with zero attached hydrogens (tertiary/aromatic N) is 2. The lowest BCUT2D eigenvalue weighted by molar-refractivity contribution is 0.187. The lowest BCUT2D eigenvalue weighted by Gasteiger charge is -2.34. The zero-order valence-corrected chi connectivity index (χ0v) is 20.8. The van der Waals surface area contributed by atoms with Crippen molar-refractivity contribution in [3.63, 3.8) is 0 Å². The van der Waals surface area contributed by atoms with Crippen LogP contribution in [0.4, 0.5) is 0 Å². The van der Waals surface area contributed by atoms with Crippen molar-refractivity contribution in [2.45, 2.75) is 46.1 Å². The van der Waals surface area contributed by atoms with Crippen molar-refractivity contribution in [2.24, 2.45) is 10.9 Å². The van der Waals surface area contributed by atoms with E-state index in [1.807, 2.05) is 24.3 Å². The number of rotatable bonds is 10. The van der Waals surface area contributed by atoms with E-state index in [1.165, 1.54) is 32.5 Å². The first-order chi connectivity index (χ1) is 13.6. The highest BCUT2D eigenvalue weighted by Crippen LogP contribution is 2.18. The van der Waals surface area contributed by atoms with E-state index < -0.39 is 0 Å². The Bertz CT molecular complexity index is 590. The van der Waals surface area contributed by atoms with Gasteiger partial charge in [0.05, 0.1) is 13.7 Å². The van der Waals surface area contributed by atoms with Crippen LogP contribution in [0.5, 0.6) is 11.5 Å². The van der Waals surface area contributed by atoms with Crippen molar-refractivity contribution in [3.8, 4) is 11.5 Å². The summed E-state index contributed by atoms with van der Waals surface area (Å²) in [4.78, 5) is 7.29. The molecule has 0 radical (unpaired) electrons. The summed E-state index contributed by atoms with van der Waals surface area (Å²) in [5.41, 5.74) is 0. The molecule has 1 aromatic rings. The molecule has 1 aliphatic rings. The molecule has 0 spiro atoms. The van der Waals surface area contributed by atoms with Crippen molar-refractivity contribution < 1.29 is 9.47 Å². The molecule has 1 fully saturated rings. The average Bonchev–Trinajstić information content (AvgIpc) is 2.69. The first-order valence-electron chi connectivity index (χ1n) is 10.6. The van der Waals surface area contributed by atoms with Crippen LogP contribution in [0.25, 0.3) is 0 Å². The summed E-state index contributed by atoms with van der Waals surface area (Å²) < 4.78 is 11.0. The number of piperidine rings is 1. The minimum absolute atomic E-state index is 0. The van der Waals surface area contributed by atoms with Crippen LogP contribution in [0.15, 0.2) is 29.3 Å². The summed E-state index contributed by atoms with van der Waals surface area (Å²) in [5, 5.41) is 6.97. The fourth-order valence-electron chi connectivity index (χ4n) is 3.43. The third-order valence-electron chi connectivity index (χ3n) is 4.78. The van der Waals surface area contributed by atoms with Gasteiger partial charge in [-0.25, -0.2) is 0 Å². The van der Waals surface area contributed by atoms with Crippen LogP contribution in [0.1, 0.15) is 40.0 Å². The summed E-state index contributed by atoms with van der Waals surface area (Å²) in [5.74, 6) is 3.31. The van der Waals surface area contributed by atoms with Crippen molar-refractivity contribution in [2.75, 3.05) is 46.4 Å². The number of ether oxygens (including phenoxy) is 2. The zero-order chi connectivity index (χ0) is 20.2. The minimum atomic E-state index is 0. The van der Waals surface area contributed by atoms with Gasteiger partial charge in [-0.3, -0.25) is 4.99 Å². The third-order valence-corrected chi connectivity index (χ3v) is 4.78. The molecule has 29 heavy (non-hydrogen) atoms. The molecule has 1 aromatic carbocycles. The maximum atomic E-state index is 5.79. The topological polar surface area (TPSA) is 58.1 Å². The van der Waals surface area contributed by atoms with Gasteiger partial charge in [0.2, 0.25) is 0 Å². The second-order valence-corrected chi connectivity index (χ2v) is 7.75. The van der Waals surface area contributed by atoms with Gasteiger partial charge in [-0.2, -0.15) is 0 Å². The van der Waals surface area contributed by atoms with Crippen molar-refractivity contribution in [1.29, 1.82) is 0 Å². The molecule has 0 amide bonds. The smallest absolute Gasteiger partial charge is 0.191 e. The normalized spacial score (nSPS) is 15.7. The molecule has 0 aromatic heterocycles. The van der Waals surface area contributed by atoms with Crippen LogP contribution in [-0.4, -0.2) is 63.3 Å². The van der Waals surface area contributed by atoms with Gasteiger partial charge in [0, 0.05) is 51.3 Å². The van der Waals surface area contributed by atoms with Crippen LogP contribution in [0.3, 0.4) is 0 Å². The Labute approximate surface area is 193 Å². The number of hydrogen-bond donors (Lipinski definition) is 2. The number of aliphatic imine (C=N–C) groups is 1. The Morgan fingerprint density at radius 3 is 2.62 bits per heavy atom. The summed E-state index contributed by atoms with van der Waals surface area (Å²) in [6, 6.07) is 8.21. The Morgan fingerprint density at radius 1 is 1.24 bits per heavy atom. The van der Waals surface area contributed by atoms with Crippen molar-refractivity contribution in [1.82, 2.24) is 15.5 Å². The second kappa shape index (κ2) is 14.7. The molecule has 166 valence electrons. The molecule has 6 nitrogen and oxygen atoms in total. The molecule has 0 saturated carbocycles. The maximum absolute atomic E-state index is 5.79. The number of nitrogens with one attached hydrogen (secondary N) is 2. The largest absolute Gasteiger partial charge is 0.497 e. The Kier molecular flexibility index (Phi) is 13.1. The molecule has 2 N–H and O–H groups in total. The standard InChI is InChI=1S/C22H38N4O2.HI/c1-5-23-22(25-19-10-13-26(14-11-19)17-18(2)3)24-12-7-15-28-21-9-6-8-20(16-21)27-4;/h6,8-9,16,18-19H,5,7,10-15,17H2,1-4H3,(H2,23,24,25);1H. The number of hydrogen-bond acceptors (Lipinski definition) is 4. The molecule has 0 atom stereocenters. The highest BCUT2D eigenvalue weighted by molar-refractivity contribution is 14.0. The van der Waals surface area contributed by atoms with Crippen LogP contribution in [0, 0.1) is 5.92 Å². The third kappa shape index (κ3) is 10.4. The lowest BCUT2D eigenvalue weighted by Crippen LogP contribution is -2.49. The first-order valence-corrected chi connectivity index (χ1v) is 10.6. The molecule has 1 heterocycles. The molecule has 1 aliphatic heterocycles. The second-order valence-electron chi connectivity index (χ2n) is 7.75. The van der Waals surface area contributed by atoms with E-state index in [9.17, 15) is 0 Å². The van der Waals surface area contributed by atoms with Gasteiger partial charge in [0.15, 0.2) is 5.96 Å². The van der Waals surface area contributed by atoms with Gasteiger partial charge in [0.1, 0.15) is 11.5 Å². The summed E-state index contributed by atoms with van der Waals surface area (Å²) >= 11 is 0. The highest BCUT2D eigenvalue weighted by atomic mass is 127. The monoisotopic (exact) mass is 518 g/mol. The van der Waals surface area contributed by atoms with Gasteiger partial charge in [0.25, 0.3) is 0 Å². The van der Waals surface area contributed by atoms with E-state index in [0.717, 1.165) is 42.9 Å². The molecular weight excluding hydrogens is 479 g/mol. The number of benzene rings is 1. The Morgan fingerprint density at radius 2 is 1.97 bits per heavy atom. The van der Waals surface area contributed by atoms with Gasteiger partial charge in [-0.05, 0) is 37.8 Å². The Hall–Kier alpha value is -1.22. The zero-order valence-electron chi connectivity index (χ0n) is 18.4. The maximum Gasteiger partial charge on any atom is 0.191 e. The van der Waals surface area contributed by atoms with Gasteiger partial charge >= 0.3 is 0 Å². The van der Waals surface area contributed by atoms with Crippen LogP contribution in [0.2, 0.25) is 0 Å². The van der Waals surface area contributed by atoms with E-state index >= 15 is 0 Å². The summed E-state index contributed by atoms with van der Waals surface area (Å²) in [6.07, 6.45) is 3.23. The van der Waals surface area contributed by atoms with Crippen LogP contribution < -0.4 is 20.1 Å². The van der Waals surface area contributed by atoms with E-state index in [0.29, 0.717) is 12.6 Å². The van der Waals surface area contributed by atoms with Gasteiger partial charge < -0.3 is 25.0 Å². The average molecular weight is 518 g/mol. The fourth-order valence-corrected chi connectivity index (χ4v) is 3.43. The number of methoxy groups -OCH3 is 1. The minimum Gasteiger partial charge on any atom is -0.497 e. The SMILES string of the molecule is CCNC(=NCCCOc1cccc(OC)c1)NC1CCN(CC(C)C)CC1.I. The van der Waals surface area contributed by atoms with E-state index in [4.69, 9.17) is 14.5 Å². The van der Waals surface area contributed by atoms with E-state index in [1.54, 1.807) is 7.11 Å². The van der Waals surface area contributed by atoms with E-state index in [2.05, 4.69) is 36.3 Å². The molecule has 0 bridgehead atoms. The number of halogens is 1.